The highest BCUT2D eigenvalue weighted by Crippen LogP contribution is 2.39. The summed E-state index contributed by atoms with van der Waals surface area (Å²) in [6.07, 6.45) is 4.57. The normalized spacial score (nSPS) is 13.5. The van der Waals surface area contributed by atoms with Crippen LogP contribution >= 0.6 is 23.2 Å². The van der Waals surface area contributed by atoms with Gasteiger partial charge in [0.05, 0.1) is 21.4 Å². The molecule has 1 aliphatic carbocycles. The Morgan fingerprint density at radius 2 is 1.83 bits per heavy atom. The predicted octanol–water partition coefficient (Wildman–Crippen LogP) is 6.96. The van der Waals surface area contributed by atoms with Crippen LogP contribution < -0.4 is 10.6 Å². The minimum atomic E-state index is -0.359. The van der Waals surface area contributed by atoms with E-state index in [0.717, 1.165) is 43.4 Å². The van der Waals surface area contributed by atoms with Gasteiger partial charge in [0.2, 0.25) is 5.91 Å². The number of nitrogens with zero attached hydrogens (tertiary/aromatic N) is 2. The van der Waals surface area contributed by atoms with Crippen molar-refractivity contribution < 1.29 is 14.7 Å². The van der Waals surface area contributed by atoms with Crippen LogP contribution in [0.4, 0.5) is 10.5 Å². The van der Waals surface area contributed by atoms with Gasteiger partial charge in [0, 0.05) is 35.7 Å². The Labute approximate surface area is 220 Å². The Kier molecular flexibility index (Phi) is 8.21. The SMILES string of the molecule is CCC(CC)C(=O)Nc1ccc(-c2cc(C3CCC3)n(C(=O)NCc3ccc(Cl)c(Cl)c3)n2)c(O)c1. The summed E-state index contributed by atoms with van der Waals surface area (Å²) in [5.74, 6) is 0.0818. The van der Waals surface area contributed by atoms with Crippen LogP contribution in [0.3, 0.4) is 0 Å². The van der Waals surface area contributed by atoms with Gasteiger partial charge in [-0.25, -0.2) is 4.79 Å². The van der Waals surface area contributed by atoms with Gasteiger partial charge >= 0.3 is 6.03 Å². The van der Waals surface area contributed by atoms with E-state index in [-0.39, 0.29) is 36.1 Å². The van der Waals surface area contributed by atoms with E-state index >= 15 is 0 Å². The number of carbonyl (C=O) groups is 2. The van der Waals surface area contributed by atoms with E-state index in [0.29, 0.717) is 27.0 Å². The molecule has 7 nitrogen and oxygen atoms in total. The predicted molar refractivity (Wildman–Crippen MR) is 143 cm³/mol. The molecule has 0 unspecified atom stereocenters. The lowest BCUT2D eigenvalue weighted by molar-refractivity contribution is -0.120. The molecule has 1 aromatic heterocycles. The summed E-state index contributed by atoms with van der Waals surface area (Å²) >= 11 is 12.1. The highest BCUT2D eigenvalue weighted by atomic mass is 35.5. The Balaban J connectivity index is 1.54. The zero-order valence-corrected chi connectivity index (χ0v) is 21.9. The Bertz CT molecular complexity index is 1270. The van der Waals surface area contributed by atoms with Crippen molar-refractivity contribution in [1.29, 1.82) is 0 Å². The molecule has 4 rings (SSSR count). The Morgan fingerprint density at radius 1 is 1.08 bits per heavy atom. The van der Waals surface area contributed by atoms with E-state index in [2.05, 4.69) is 15.7 Å². The first-order chi connectivity index (χ1) is 17.3. The Hall–Kier alpha value is -3.03. The molecule has 1 fully saturated rings. The van der Waals surface area contributed by atoms with E-state index in [1.807, 2.05) is 19.9 Å². The first kappa shape index (κ1) is 26.0. The second-order valence-corrected chi connectivity index (χ2v) is 9.95. The van der Waals surface area contributed by atoms with Gasteiger partial charge in [0.15, 0.2) is 0 Å². The number of amides is 2. The second kappa shape index (κ2) is 11.4. The molecule has 0 spiro atoms. The minimum absolute atomic E-state index is 0.0154. The summed E-state index contributed by atoms with van der Waals surface area (Å²) in [5.41, 5.74) is 3.14. The summed E-state index contributed by atoms with van der Waals surface area (Å²) in [6, 6.07) is 11.7. The lowest BCUT2D eigenvalue weighted by Crippen LogP contribution is -2.31. The largest absolute Gasteiger partial charge is 0.507 e. The molecular formula is C27H30Cl2N4O3. The van der Waals surface area contributed by atoms with Crippen LogP contribution in [-0.2, 0) is 11.3 Å². The average molecular weight is 529 g/mol. The first-order valence-electron chi connectivity index (χ1n) is 12.3. The van der Waals surface area contributed by atoms with Gasteiger partial charge in [0.1, 0.15) is 5.75 Å². The van der Waals surface area contributed by atoms with Crippen molar-refractivity contribution in [3.63, 3.8) is 0 Å². The highest BCUT2D eigenvalue weighted by Gasteiger charge is 2.27. The van der Waals surface area contributed by atoms with Crippen molar-refractivity contribution in [2.24, 2.45) is 5.92 Å². The van der Waals surface area contributed by atoms with Crippen molar-refractivity contribution in [2.75, 3.05) is 5.32 Å². The van der Waals surface area contributed by atoms with Crippen LogP contribution in [0.5, 0.6) is 5.75 Å². The second-order valence-electron chi connectivity index (χ2n) is 9.14. The summed E-state index contributed by atoms with van der Waals surface area (Å²) in [4.78, 5) is 25.5. The van der Waals surface area contributed by atoms with Crippen LogP contribution in [-0.4, -0.2) is 26.8 Å². The molecule has 0 radical (unpaired) electrons. The topological polar surface area (TPSA) is 96.3 Å². The number of benzene rings is 2. The van der Waals surface area contributed by atoms with Crippen molar-refractivity contribution in [1.82, 2.24) is 15.1 Å². The third-order valence-electron chi connectivity index (χ3n) is 6.78. The zero-order valence-electron chi connectivity index (χ0n) is 20.4. The zero-order chi connectivity index (χ0) is 25.8. The van der Waals surface area contributed by atoms with E-state index in [1.165, 1.54) is 10.7 Å². The number of aromatic nitrogens is 2. The van der Waals surface area contributed by atoms with E-state index < -0.39 is 0 Å². The number of hydrogen-bond donors (Lipinski definition) is 3. The fourth-order valence-corrected chi connectivity index (χ4v) is 4.64. The number of aromatic hydroxyl groups is 1. The first-order valence-corrected chi connectivity index (χ1v) is 13.0. The van der Waals surface area contributed by atoms with Gasteiger partial charge in [-0.05, 0) is 61.6 Å². The molecule has 190 valence electrons. The van der Waals surface area contributed by atoms with Gasteiger partial charge in [-0.3, -0.25) is 4.79 Å². The third-order valence-corrected chi connectivity index (χ3v) is 7.52. The third kappa shape index (κ3) is 5.68. The van der Waals surface area contributed by atoms with E-state index in [1.54, 1.807) is 30.3 Å². The molecule has 36 heavy (non-hydrogen) atoms. The van der Waals surface area contributed by atoms with E-state index in [4.69, 9.17) is 23.2 Å². The van der Waals surface area contributed by atoms with Gasteiger partial charge in [-0.15, -0.1) is 0 Å². The molecule has 1 saturated carbocycles. The summed E-state index contributed by atoms with van der Waals surface area (Å²) in [6.45, 7) is 4.22. The number of phenolic OH excluding ortho intramolecular Hbond substituents is 1. The van der Waals surface area contributed by atoms with Crippen LogP contribution in [0.2, 0.25) is 10.0 Å². The monoisotopic (exact) mass is 528 g/mol. The fraction of sp³-hybridized carbons (Fsp3) is 0.370. The molecule has 0 aliphatic heterocycles. The van der Waals surface area contributed by atoms with Gasteiger partial charge in [-0.1, -0.05) is 49.5 Å². The van der Waals surface area contributed by atoms with Crippen molar-refractivity contribution in [2.45, 2.75) is 58.4 Å². The molecule has 0 saturated heterocycles. The molecule has 0 atom stereocenters. The molecule has 1 heterocycles. The molecular weight excluding hydrogens is 499 g/mol. The summed E-state index contributed by atoms with van der Waals surface area (Å²) < 4.78 is 1.39. The molecule has 1 aliphatic rings. The maximum atomic E-state index is 13.1. The van der Waals surface area contributed by atoms with Crippen LogP contribution in [0.1, 0.15) is 63.1 Å². The molecule has 3 N–H and O–H groups in total. The van der Waals surface area contributed by atoms with Gasteiger partial charge in [-0.2, -0.15) is 9.78 Å². The fourth-order valence-electron chi connectivity index (χ4n) is 4.32. The molecule has 9 heteroatoms. The lowest BCUT2D eigenvalue weighted by Gasteiger charge is -2.25. The van der Waals surface area contributed by atoms with Gasteiger partial charge in [0.25, 0.3) is 0 Å². The Morgan fingerprint density at radius 3 is 2.44 bits per heavy atom. The highest BCUT2D eigenvalue weighted by molar-refractivity contribution is 6.42. The maximum Gasteiger partial charge on any atom is 0.342 e. The van der Waals surface area contributed by atoms with Crippen molar-refractivity contribution in [3.05, 3.63) is 63.8 Å². The smallest absolute Gasteiger partial charge is 0.342 e. The summed E-state index contributed by atoms with van der Waals surface area (Å²) in [5, 5.41) is 21.9. The lowest BCUT2D eigenvalue weighted by atomic mass is 9.82. The number of carbonyl (C=O) groups excluding carboxylic acids is 2. The molecule has 2 aromatic carbocycles. The number of halogens is 2. The van der Waals surface area contributed by atoms with Gasteiger partial charge < -0.3 is 15.7 Å². The number of anilines is 1. The molecule has 0 bridgehead atoms. The number of hydrogen-bond acceptors (Lipinski definition) is 4. The molecule has 2 amide bonds. The minimum Gasteiger partial charge on any atom is -0.507 e. The van der Waals surface area contributed by atoms with Crippen molar-refractivity contribution >= 4 is 40.8 Å². The average Bonchev–Trinajstić information content (AvgIpc) is 3.23. The van der Waals surface area contributed by atoms with Crippen LogP contribution in [0.25, 0.3) is 11.3 Å². The van der Waals surface area contributed by atoms with Crippen LogP contribution in [0, 0.1) is 5.92 Å². The summed E-state index contributed by atoms with van der Waals surface area (Å²) in [7, 11) is 0. The van der Waals surface area contributed by atoms with E-state index in [9.17, 15) is 14.7 Å². The van der Waals surface area contributed by atoms with Crippen molar-refractivity contribution in [3.8, 4) is 17.0 Å². The van der Waals surface area contributed by atoms with Crippen LogP contribution in [0.15, 0.2) is 42.5 Å². The quantitative estimate of drug-likeness (QED) is 0.294. The number of rotatable bonds is 8. The number of nitrogens with one attached hydrogen (secondary N) is 2. The maximum absolute atomic E-state index is 13.1. The number of phenols is 1. The standard InChI is InChI=1S/C27H30Cl2N4O3/c1-3-17(4-2)26(35)31-19-9-10-20(25(34)13-19)23-14-24(18-6-5-7-18)33(32-23)27(36)30-15-16-8-11-21(28)22(29)12-16/h8-14,17-18,34H,3-7,15H2,1-2H3,(H,30,36)(H,31,35). The molecule has 3 aromatic rings.